The molecule has 0 bridgehead atoms. The van der Waals surface area contributed by atoms with E-state index < -0.39 is 5.54 Å². The van der Waals surface area contributed by atoms with Crippen LogP contribution in [0.15, 0.2) is 46.9 Å². The Hall–Kier alpha value is -1.32. The fourth-order valence-corrected chi connectivity index (χ4v) is 3.52. The van der Waals surface area contributed by atoms with E-state index in [4.69, 9.17) is 10.5 Å². The molecule has 2 nitrogen and oxygen atoms in total. The number of rotatable bonds is 2. The fourth-order valence-electron chi connectivity index (χ4n) is 2.83. The second-order valence-electron chi connectivity index (χ2n) is 5.43. The van der Waals surface area contributed by atoms with Crippen molar-refractivity contribution in [3.05, 3.63) is 63.6 Å². The van der Waals surface area contributed by atoms with Crippen LogP contribution in [0.5, 0.6) is 5.75 Å². The van der Waals surface area contributed by atoms with Gasteiger partial charge in [0.2, 0.25) is 0 Å². The van der Waals surface area contributed by atoms with Crippen LogP contribution in [-0.4, -0.2) is 6.61 Å². The van der Waals surface area contributed by atoms with E-state index >= 15 is 0 Å². The first-order valence-corrected chi connectivity index (χ1v) is 7.69. The summed E-state index contributed by atoms with van der Waals surface area (Å²) in [4.78, 5) is 0. The summed E-state index contributed by atoms with van der Waals surface area (Å²) in [6.45, 7) is 2.82. The summed E-state index contributed by atoms with van der Waals surface area (Å²) in [5.74, 6) is 0.972. The van der Waals surface area contributed by atoms with Crippen LogP contribution in [0.3, 0.4) is 0 Å². The number of hydrogen-bond acceptors (Lipinski definition) is 2. The molecule has 0 saturated heterocycles. The van der Waals surface area contributed by atoms with Gasteiger partial charge in [0.05, 0.1) is 12.1 Å². The summed E-state index contributed by atoms with van der Waals surface area (Å²) in [6.07, 6.45) is 2.14. The first-order chi connectivity index (χ1) is 9.60. The average Bonchev–Trinajstić information content (AvgIpc) is 2.47. The van der Waals surface area contributed by atoms with Crippen molar-refractivity contribution in [1.82, 2.24) is 0 Å². The van der Waals surface area contributed by atoms with Crippen LogP contribution in [0.4, 0.5) is 0 Å². The highest BCUT2D eigenvalue weighted by Gasteiger charge is 2.30. The van der Waals surface area contributed by atoms with Crippen LogP contribution in [0, 0.1) is 0 Å². The summed E-state index contributed by atoms with van der Waals surface area (Å²) in [5.41, 5.74) is 9.48. The van der Waals surface area contributed by atoms with Gasteiger partial charge >= 0.3 is 0 Å². The quantitative estimate of drug-likeness (QED) is 0.902. The van der Waals surface area contributed by atoms with Gasteiger partial charge in [0.1, 0.15) is 5.75 Å². The SMILES string of the molecule is CC(N)(c1ccccc1Br)c1cccc2c1OCCC2. The number of hydrogen-bond donors (Lipinski definition) is 1. The Balaban J connectivity index is 2.15. The van der Waals surface area contributed by atoms with Crippen LogP contribution in [0.25, 0.3) is 0 Å². The van der Waals surface area contributed by atoms with Gasteiger partial charge in [-0.05, 0) is 37.0 Å². The van der Waals surface area contributed by atoms with Crippen molar-refractivity contribution in [2.24, 2.45) is 5.73 Å². The average molecular weight is 332 g/mol. The molecule has 0 aromatic heterocycles. The Bertz CT molecular complexity index is 637. The van der Waals surface area contributed by atoms with Gasteiger partial charge in [0.15, 0.2) is 0 Å². The summed E-state index contributed by atoms with van der Waals surface area (Å²) < 4.78 is 6.93. The monoisotopic (exact) mass is 331 g/mol. The summed E-state index contributed by atoms with van der Waals surface area (Å²) in [7, 11) is 0. The highest BCUT2D eigenvalue weighted by molar-refractivity contribution is 9.10. The Labute approximate surface area is 128 Å². The van der Waals surface area contributed by atoms with E-state index in [0.717, 1.165) is 40.8 Å². The molecule has 1 unspecified atom stereocenters. The number of fused-ring (bicyclic) bond motifs is 1. The molecule has 1 aliphatic heterocycles. The van der Waals surface area contributed by atoms with Crippen LogP contribution in [0.1, 0.15) is 30.0 Å². The standard InChI is InChI=1S/C17H18BrNO/c1-17(19,13-8-2-3-10-15(13)18)14-9-4-6-12-7-5-11-20-16(12)14/h2-4,6,8-10H,5,7,11,19H2,1H3. The molecule has 0 radical (unpaired) electrons. The predicted molar refractivity (Wildman–Crippen MR) is 85.0 cm³/mol. The molecule has 1 atom stereocenters. The molecule has 0 saturated carbocycles. The maximum absolute atomic E-state index is 6.67. The second kappa shape index (κ2) is 5.23. The van der Waals surface area contributed by atoms with E-state index in [1.807, 2.05) is 25.1 Å². The van der Waals surface area contributed by atoms with Crippen molar-refractivity contribution in [1.29, 1.82) is 0 Å². The molecule has 3 rings (SSSR count). The maximum Gasteiger partial charge on any atom is 0.127 e. The molecule has 0 fully saturated rings. The Morgan fingerprint density at radius 3 is 2.65 bits per heavy atom. The second-order valence-corrected chi connectivity index (χ2v) is 6.28. The van der Waals surface area contributed by atoms with Crippen molar-refractivity contribution in [3.63, 3.8) is 0 Å². The van der Waals surface area contributed by atoms with Gasteiger partial charge in [-0.15, -0.1) is 0 Å². The van der Waals surface area contributed by atoms with E-state index in [1.165, 1.54) is 5.56 Å². The number of halogens is 1. The molecule has 2 aromatic carbocycles. The molecular weight excluding hydrogens is 314 g/mol. The van der Waals surface area contributed by atoms with Crippen molar-refractivity contribution < 1.29 is 4.74 Å². The molecule has 1 aliphatic rings. The van der Waals surface area contributed by atoms with Crippen molar-refractivity contribution in [3.8, 4) is 5.75 Å². The van der Waals surface area contributed by atoms with Crippen molar-refractivity contribution in [2.45, 2.75) is 25.3 Å². The molecule has 0 aliphatic carbocycles. The Morgan fingerprint density at radius 2 is 1.85 bits per heavy atom. The number of nitrogens with two attached hydrogens (primary N) is 1. The molecule has 2 N–H and O–H groups in total. The highest BCUT2D eigenvalue weighted by Crippen LogP contribution is 2.39. The fraction of sp³-hybridized carbons (Fsp3) is 0.294. The van der Waals surface area contributed by atoms with Gasteiger partial charge in [0, 0.05) is 10.0 Å². The lowest BCUT2D eigenvalue weighted by Gasteiger charge is -2.31. The van der Waals surface area contributed by atoms with E-state index in [1.54, 1.807) is 0 Å². The largest absolute Gasteiger partial charge is 0.493 e. The van der Waals surface area contributed by atoms with E-state index in [9.17, 15) is 0 Å². The number of benzene rings is 2. The Kier molecular flexibility index (Phi) is 3.57. The molecule has 3 heteroatoms. The minimum Gasteiger partial charge on any atom is -0.493 e. The summed E-state index contributed by atoms with van der Waals surface area (Å²) in [6, 6.07) is 14.4. The molecule has 0 amide bonds. The highest BCUT2D eigenvalue weighted by atomic mass is 79.9. The van der Waals surface area contributed by atoms with Gasteiger partial charge in [-0.3, -0.25) is 0 Å². The zero-order chi connectivity index (χ0) is 14.2. The van der Waals surface area contributed by atoms with Crippen LogP contribution < -0.4 is 10.5 Å². The maximum atomic E-state index is 6.67. The molecular formula is C17H18BrNO. The van der Waals surface area contributed by atoms with Crippen molar-refractivity contribution >= 4 is 15.9 Å². The number of ether oxygens (including phenoxy) is 1. The third kappa shape index (κ3) is 2.25. The molecule has 1 heterocycles. The minimum absolute atomic E-state index is 0.581. The molecule has 104 valence electrons. The van der Waals surface area contributed by atoms with Crippen LogP contribution in [0.2, 0.25) is 0 Å². The van der Waals surface area contributed by atoms with E-state index in [-0.39, 0.29) is 0 Å². The minimum atomic E-state index is -0.581. The summed E-state index contributed by atoms with van der Waals surface area (Å²) in [5, 5.41) is 0. The number of para-hydroxylation sites is 1. The van der Waals surface area contributed by atoms with E-state index in [0.29, 0.717) is 0 Å². The third-order valence-electron chi connectivity index (χ3n) is 3.93. The zero-order valence-corrected chi connectivity index (χ0v) is 13.1. The lowest BCUT2D eigenvalue weighted by Crippen LogP contribution is -2.35. The normalized spacial score (nSPS) is 16.9. The third-order valence-corrected chi connectivity index (χ3v) is 4.62. The van der Waals surface area contributed by atoms with Gasteiger partial charge < -0.3 is 10.5 Å². The number of aryl methyl sites for hydroxylation is 1. The Morgan fingerprint density at radius 1 is 1.10 bits per heavy atom. The first-order valence-electron chi connectivity index (χ1n) is 6.90. The van der Waals surface area contributed by atoms with Crippen LogP contribution in [-0.2, 0) is 12.0 Å². The lowest BCUT2D eigenvalue weighted by atomic mass is 9.83. The smallest absolute Gasteiger partial charge is 0.127 e. The summed E-state index contributed by atoms with van der Waals surface area (Å²) >= 11 is 3.60. The lowest BCUT2D eigenvalue weighted by molar-refractivity contribution is 0.280. The van der Waals surface area contributed by atoms with Gasteiger partial charge in [-0.25, -0.2) is 0 Å². The molecule has 0 spiro atoms. The van der Waals surface area contributed by atoms with Gasteiger partial charge in [0.25, 0.3) is 0 Å². The van der Waals surface area contributed by atoms with Crippen molar-refractivity contribution in [2.75, 3.05) is 6.61 Å². The van der Waals surface area contributed by atoms with E-state index in [2.05, 4.69) is 40.2 Å². The zero-order valence-electron chi connectivity index (χ0n) is 11.5. The topological polar surface area (TPSA) is 35.2 Å². The molecule has 2 aromatic rings. The predicted octanol–water partition coefficient (Wildman–Crippen LogP) is 4.00. The molecule has 20 heavy (non-hydrogen) atoms. The van der Waals surface area contributed by atoms with Gasteiger partial charge in [-0.1, -0.05) is 52.3 Å². The first kappa shape index (κ1) is 13.7. The van der Waals surface area contributed by atoms with Crippen LogP contribution >= 0.6 is 15.9 Å². The van der Waals surface area contributed by atoms with Gasteiger partial charge in [-0.2, -0.15) is 0 Å².